The molecule has 0 saturated heterocycles. The maximum absolute atomic E-state index is 12.6. The van der Waals surface area contributed by atoms with Gasteiger partial charge in [0.15, 0.2) is 5.78 Å². The van der Waals surface area contributed by atoms with Crippen molar-refractivity contribution in [3.8, 4) is 0 Å². The molecule has 0 amide bonds. The van der Waals surface area contributed by atoms with E-state index >= 15 is 0 Å². The fourth-order valence-corrected chi connectivity index (χ4v) is 1.62. The Morgan fingerprint density at radius 1 is 1.54 bits per heavy atom. The summed E-state index contributed by atoms with van der Waals surface area (Å²) in [5, 5.41) is 0. The molecule has 0 aromatic heterocycles. The summed E-state index contributed by atoms with van der Waals surface area (Å²) in [5.41, 5.74) is 0.939. The molecular formula is C10H10BrFO. The molecule has 3 heteroatoms. The smallest absolute Gasteiger partial charge is 0.163 e. The Labute approximate surface area is 85.1 Å². The number of carbonyl (C=O) groups excluding carboxylic acids is 1. The highest BCUT2D eigenvalue weighted by atomic mass is 79.9. The van der Waals surface area contributed by atoms with Gasteiger partial charge in [-0.15, -0.1) is 0 Å². The van der Waals surface area contributed by atoms with Gasteiger partial charge in [0.2, 0.25) is 0 Å². The molecule has 70 valence electrons. The van der Waals surface area contributed by atoms with Crippen LogP contribution in [0.4, 0.5) is 4.39 Å². The van der Waals surface area contributed by atoms with Crippen molar-refractivity contribution in [2.45, 2.75) is 20.0 Å². The zero-order valence-corrected chi connectivity index (χ0v) is 8.90. The summed E-state index contributed by atoms with van der Waals surface area (Å²) in [7, 11) is 0. The molecule has 1 aromatic carbocycles. The topological polar surface area (TPSA) is 17.1 Å². The largest absolute Gasteiger partial charge is 0.294 e. The van der Waals surface area contributed by atoms with Crippen molar-refractivity contribution in [1.29, 1.82) is 0 Å². The van der Waals surface area contributed by atoms with Crippen LogP contribution < -0.4 is 0 Å². The minimum atomic E-state index is -0.609. The molecule has 0 aliphatic rings. The number of alkyl halides is 1. The summed E-state index contributed by atoms with van der Waals surface area (Å²) in [6, 6.07) is 5.14. The molecule has 0 heterocycles. The van der Waals surface area contributed by atoms with Gasteiger partial charge in [0.25, 0.3) is 0 Å². The number of halogens is 2. The van der Waals surface area contributed by atoms with Gasteiger partial charge >= 0.3 is 0 Å². The highest BCUT2D eigenvalue weighted by Crippen LogP contribution is 2.22. The third-order valence-electron chi connectivity index (χ3n) is 1.87. The predicted octanol–water partition coefficient (Wildman–Crippen LogP) is 3.51. The number of carbonyl (C=O) groups is 1. The van der Waals surface area contributed by atoms with Gasteiger partial charge in [0.05, 0.1) is 0 Å². The van der Waals surface area contributed by atoms with Crippen LogP contribution in [0.15, 0.2) is 22.7 Å². The van der Waals surface area contributed by atoms with E-state index in [0.29, 0.717) is 22.0 Å². The fourth-order valence-electron chi connectivity index (χ4n) is 1.15. The second-order valence-electron chi connectivity index (χ2n) is 2.68. The summed E-state index contributed by atoms with van der Waals surface area (Å²) in [6.07, 6.45) is 0.406. The third-order valence-corrected chi connectivity index (χ3v) is 2.62. The average molecular weight is 245 g/mol. The Morgan fingerprint density at radius 3 is 2.77 bits per heavy atom. The molecule has 0 fully saturated rings. The number of benzene rings is 1. The normalized spacial score (nSPS) is 10.1. The van der Waals surface area contributed by atoms with Crippen LogP contribution in [-0.2, 0) is 6.67 Å². The number of ketones is 1. The van der Waals surface area contributed by atoms with Crippen LogP contribution in [0.25, 0.3) is 0 Å². The molecule has 0 spiro atoms. The highest BCUT2D eigenvalue weighted by molar-refractivity contribution is 9.10. The van der Waals surface area contributed by atoms with E-state index in [4.69, 9.17) is 0 Å². The van der Waals surface area contributed by atoms with Gasteiger partial charge in [-0.2, -0.15) is 0 Å². The molecule has 0 bridgehead atoms. The first-order chi connectivity index (χ1) is 6.20. The van der Waals surface area contributed by atoms with Crippen molar-refractivity contribution < 1.29 is 9.18 Å². The zero-order chi connectivity index (χ0) is 9.84. The average Bonchev–Trinajstić information content (AvgIpc) is 2.16. The molecule has 13 heavy (non-hydrogen) atoms. The lowest BCUT2D eigenvalue weighted by Crippen LogP contribution is -2.01. The van der Waals surface area contributed by atoms with E-state index in [1.165, 1.54) is 0 Å². The van der Waals surface area contributed by atoms with Crippen LogP contribution in [0.3, 0.4) is 0 Å². The van der Waals surface area contributed by atoms with Gasteiger partial charge < -0.3 is 0 Å². The first kappa shape index (κ1) is 10.4. The Kier molecular flexibility index (Phi) is 3.60. The maximum Gasteiger partial charge on any atom is 0.163 e. The molecule has 0 unspecified atom stereocenters. The molecule has 0 saturated carbocycles. The third kappa shape index (κ3) is 2.15. The second-order valence-corrected chi connectivity index (χ2v) is 3.53. The predicted molar refractivity (Wildman–Crippen MR) is 53.6 cm³/mol. The van der Waals surface area contributed by atoms with Crippen molar-refractivity contribution >= 4 is 21.7 Å². The van der Waals surface area contributed by atoms with Crippen molar-refractivity contribution in [3.05, 3.63) is 33.8 Å². The molecule has 1 rings (SSSR count). The minimum absolute atomic E-state index is 0.0195. The van der Waals surface area contributed by atoms with Crippen LogP contribution in [0.2, 0.25) is 0 Å². The van der Waals surface area contributed by atoms with Gasteiger partial charge in [-0.05, 0) is 6.07 Å². The first-order valence-electron chi connectivity index (χ1n) is 4.07. The van der Waals surface area contributed by atoms with Crippen LogP contribution in [0.1, 0.15) is 29.3 Å². The number of hydrogen-bond acceptors (Lipinski definition) is 1. The number of Topliss-reactive ketones (excluding diaryl/α,β-unsaturated/α-hetero) is 1. The van der Waals surface area contributed by atoms with Crippen molar-refractivity contribution in [1.82, 2.24) is 0 Å². The Bertz CT molecular complexity index is 323. The first-order valence-corrected chi connectivity index (χ1v) is 4.86. The molecule has 1 nitrogen and oxygen atoms in total. The van der Waals surface area contributed by atoms with E-state index in [9.17, 15) is 9.18 Å². The molecule has 0 aliphatic carbocycles. The Morgan fingerprint density at radius 2 is 2.23 bits per heavy atom. The van der Waals surface area contributed by atoms with Gasteiger partial charge in [0.1, 0.15) is 6.67 Å². The second kappa shape index (κ2) is 4.51. The molecule has 0 radical (unpaired) electrons. The van der Waals surface area contributed by atoms with Gasteiger partial charge in [-0.1, -0.05) is 35.0 Å². The van der Waals surface area contributed by atoms with E-state index in [0.717, 1.165) is 0 Å². The summed E-state index contributed by atoms with van der Waals surface area (Å²) in [4.78, 5) is 11.4. The van der Waals surface area contributed by atoms with Crippen molar-refractivity contribution in [2.75, 3.05) is 0 Å². The van der Waals surface area contributed by atoms with Crippen molar-refractivity contribution in [2.24, 2.45) is 0 Å². The minimum Gasteiger partial charge on any atom is -0.294 e. The van der Waals surface area contributed by atoms with E-state index in [2.05, 4.69) is 15.9 Å². The maximum atomic E-state index is 12.6. The van der Waals surface area contributed by atoms with E-state index in [1.807, 2.05) is 0 Å². The van der Waals surface area contributed by atoms with Crippen LogP contribution >= 0.6 is 15.9 Å². The SMILES string of the molecule is CCC(=O)c1cccc(Br)c1CF. The molecule has 0 N–H and O–H groups in total. The van der Waals surface area contributed by atoms with E-state index in [-0.39, 0.29) is 5.78 Å². The monoisotopic (exact) mass is 244 g/mol. The van der Waals surface area contributed by atoms with E-state index in [1.54, 1.807) is 25.1 Å². The fraction of sp³-hybridized carbons (Fsp3) is 0.300. The Balaban J connectivity index is 3.20. The standard InChI is InChI=1S/C10H10BrFO/c1-2-10(13)7-4-3-5-9(11)8(7)6-12/h3-5H,2,6H2,1H3. The van der Waals surface area contributed by atoms with Crippen LogP contribution in [0, 0.1) is 0 Å². The Hall–Kier alpha value is -0.700. The lowest BCUT2D eigenvalue weighted by molar-refractivity contribution is 0.0986. The summed E-state index contributed by atoms with van der Waals surface area (Å²) >= 11 is 3.21. The highest BCUT2D eigenvalue weighted by Gasteiger charge is 2.11. The molecule has 0 atom stereocenters. The number of rotatable bonds is 3. The van der Waals surface area contributed by atoms with E-state index < -0.39 is 6.67 Å². The summed E-state index contributed by atoms with van der Waals surface area (Å²) in [6.45, 7) is 1.16. The van der Waals surface area contributed by atoms with Gasteiger partial charge in [-0.3, -0.25) is 4.79 Å². The molecular weight excluding hydrogens is 235 g/mol. The summed E-state index contributed by atoms with van der Waals surface area (Å²) in [5.74, 6) is -0.0195. The van der Waals surface area contributed by atoms with Gasteiger partial charge in [-0.25, -0.2) is 4.39 Å². The quantitative estimate of drug-likeness (QED) is 0.744. The molecule has 1 aromatic rings. The summed E-state index contributed by atoms with van der Waals surface area (Å²) < 4.78 is 13.2. The van der Waals surface area contributed by atoms with Gasteiger partial charge in [0, 0.05) is 22.0 Å². The zero-order valence-electron chi connectivity index (χ0n) is 7.31. The number of hydrogen-bond donors (Lipinski definition) is 0. The van der Waals surface area contributed by atoms with Crippen LogP contribution in [-0.4, -0.2) is 5.78 Å². The lowest BCUT2D eigenvalue weighted by Gasteiger charge is -2.05. The molecule has 0 aliphatic heterocycles. The lowest BCUT2D eigenvalue weighted by atomic mass is 10.0. The van der Waals surface area contributed by atoms with Crippen molar-refractivity contribution in [3.63, 3.8) is 0 Å². The van der Waals surface area contributed by atoms with Crippen LogP contribution in [0.5, 0.6) is 0 Å².